The number of aryl methyl sites for hydroxylation is 1. The van der Waals surface area contributed by atoms with E-state index in [1.54, 1.807) is 30.3 Å². The molecule has 0 bridgehead atoms. The lowest BCUT2D eigenvalue weighted by atomic mass is 10.1. The molecule has 1 saturated heterocycles. The Morgan fingerprint density at radius 3 is 2.47 bits per heavy atom. The van der Waals surface area contributed by atoms with Crippen molar-refractivity contribution in [2.75, 3.05) is 6.54 Å². The van der Waals surface area contributed by atoms with E-state index < -0.39 is 16.1 Å². The lowest BCUT2D eigenvalue weighted by molar-refractivity contribution is -0.124. The van der Waals surface area contributed by atoms with E-state index in [0.29, 0.717) is 34.9 Å². The van der Waals surface area contributed by atoms with Gasteiger partial charge in [-0.25, -0.2) is 8.42 Å². The van der Waals surface area contributed by atoms with Crippen molar-refractivity contribution in [1.29, 1.82) is 0 Å². The average Bonchev–Trinajstić information content (AvgIpc) is 3.17. The van der Waals surface area contributed by atoms with Gasteiger partial charge in [0.1, 0.15) is 17.6 Å². The minimum absolute atomic E-state index is 0.0172. The number of amides is 2. The van der Waals surface area contributed by atoms with E-state index >= 15 is 0 Å². The van der Waals surface area contributed by atoms with Crippen molar-refractivity contribution in [1.82, 2.24) is 14.9 Å². The smallest absolute Gasteiger partial charge is 0.251 e. The van der Waals surface area contributed by atoms with Crippen molar-refractivity contribution in [3.63, 3.8) is 0 Å². The van der Waals surface area contributed by atoms with Crippen LogP contribution in [0.25, 0.3) is 0 Å². The van der Waals surface area contributed by atoms with Gasteiger partial charge in [0.25, 0.3) is 5.91 Å². The fourth-order valence-corrected chi connectivity index (χ4v) is 5.83. The molecule has 4 rings (SSSR count). The van der Waals surface area contributed by atoms with Crippen LogP contribution in [0.15, 0.2) is 70.0 Å². The Bertz CT molecular complexity index is 1320. The van der Waals surface area contributed by atoms with Crippen molar-refractivity contribution in [2.45, 2.75) is 50.2 Å². The number of furan rings is 1. The van der Waals surface area contributed by atoms with Crippen LogP contribution in [-0.2, 0) is 27.9 Å². The highest BCUT2D eigenvalue weighted by Gasteiger charge is 2.36. The van der Waals surface area contributed by atoms with Crippen LogP contribution in [0.2, 0.25) is 5.02 Å². The second-order valence-electron chi connectivity index (χ2n) is 8.70. The molecule has 10 heteroatoms. The molecule has 3 aromatic rings. The number of carbonyl (C=O) groups is 2. The Morgan fingerprint density at radius 2 is 1.81 bits per heavy atom. The van der Waals surface area contributed by atoms with Gasteiger partial charge >= 0.3 is 0 Å². The quantitative estimate of drug-likeness (QED) is 0.458. The number of hydrogen-bond acceptors (Lipinski definition) is 5. The van der Waals surface area contributed by atoms with E-state index in [2.05, 4.69) is 10.6 Å². The van der Waals surface area contributed by atoms with Gasteiger partial charge in [-0.05, 0) is 80.3 Å². The lowest BCUT2D eigenvalue weighted by Crippen LogP contribution is -2.48. The first-order valence-electron chi connectivity index (χ1n) is 11.7. The molecule has 1 atom stereocenters. The van der Waals surface area contributed by atoms with Gasteiger partial charge in [0.15, 0.2) is 0 Å². The molecule has 0 saturated carbocycles. The Hall–Kier alpha value is -3.14. The van der Waals surface area contributed by atoms with Gasteiger partial charge in [0.05, 0.1) is 11.4 Å². The van der Waals surface area contributed by atoms with E-state index in [1.807, 2.05) is 13.0 Å². The SMILES string of the molecule is Cc1ccc(CNC(=O)c2ccc(CN([C@@H]3CCCCNC3=O)S(=O)(=O)c3ccc(Cl)cc3)cc2)o1. The van der Waals surface area contributed by atoms with E-state index in [1.165, 1.54) is 28.6 Å². The molecule has 0 aliphatic carbocycles. The Balaban J connectivity index is 1.54. The van der Waals surface area contributed by atoms with E-state index in [4.69, 9.17) is 16.0 Å². The van der Waals surface area contributed by atoms with Crippen molar-refractivity contribution in [3.05, 3.63) is 88.3 Å². The molecule has 1 fully saturated rings. The molecule has 2 aromatic carbocycles. The largest absolute Gasteiger partial charge is 0.465 e. The highest BCUT2D eigenvalue weighted by molar-refractivity contribution is 7.89. The summed E-state index contributed by atoms with van der Waals surface area (Å²) < 4.78 is 34.0. The fourth-order valence-electron chi connectivity index (χ4n) is 4.09. The molecule has 2 N–H and O–H groups in total. The molecule has 36 heavy (non-hydrogen) atoms. The maximum absolute atomic E-state index is 13.6. The average molecular weight is 530 g/mol. The number of nitrogens with one attached hydrogen (secondary N) is 2. The van der Waals surface area contributed by atoms with Crippen LogP contribution in [0.1, 0.15) is 46.7 Å². The van der Waals surface area contributed by atoms with Crippen LogP contribution >= 0.6 is 11.6 Å². The summed E-state index contributed by atoms with van der Waals surface area (Å²) in [6, 6.07) is 15.4. The summed E-state index contributed by atoms with van der Waals surface area (Å²) in [5.41, 5.74) is 1.09. The zero-order valence-electron chi connectivity index (χ0n) is 19.9. The summed E-state index contributed by atoms with van der Waals surface area (Å²) >= 11 is 5.95. The number of sulfonamides is 1. The van der Waals surface area contributed by atoms with E-state index in [9.17, 15) is 18.0 Å². The number of carbonyl (C=O) groups excluding carboxylic acids is 2. The van der Waals surface area contributed by atoms with Crippen LogP contribution in [0.4, 0.5) is 0 Å². The van der Waals surface area contributed by atoms with E-state index in [-0.39, 0.29) is 29.8 Å². The van der Waals surface area contributed by atoms with Gasteiger partial charge in [-0.15, -0.1) is 0 Å². The molecular formula is C26H28ClN3O5S. The van der Waals surface area contributed by atoms with Crippen molar-refractivity contribution in [2.24, 2.45) is 0 Å². The standard InChI is InChI=1S/C26H28ClN3O5S/c1-18-5-12-22(35-18)16-29-25(31)20-8-6-19(7-9-20)17-30(24-4-2-3-15-28-26(24)32)36(33,34)23-13-10-21(27)11-14-23/h5-14,24H,2-4,15-17H2,1H3,(H,28,32)(H,29,31)/t24-/m1/s1. The minimum atomic E-state index is -4.00. The summed E-state index contributed by atoms with van der Waals surface area (Å²) in [6.07, 6.45) is 1.94. The third-order valence-corrected chi connectivity index (χ3v) is 8.17. The maximum Gasteiger partial charge on any atom is 0.251 e. The van der Waals surface area contributed by atoms with Crippen LogP contribution in [0.3, 0.4) is 0 Å². The molecule has 2 amide bonds. The van der Waals surface area contributed by atoms with Gasteiger partial charge < -0.3 is 15.1 Å². The van der Waals surface area contributed by atoms with Crippen molar-refractivity contribution >= 4 is 33.4 Å². The molecule has 0 radical (unpaired) electrons. The summed E-state index contributed by atoms with van der Waals surface area (Å²) in [4.78, 5) is 25.4. The normalized spacial score (nSPS) is 16.4. The fraction of sp³-hybridized carbons (Fsp3) is 0.308. The first-order chi connectivity index (χ1) is 17.2. The predicted molar refractivity (Wildman–Crippen MR) is 136 cm³/mol. The minimum Gasteiger partial charge on any atom is -0.465 e. The summed E-state index contributed by atoms with van der Waals surface area (Å²) in [7, 11) is -4.00. The molecule has 0 unspecified atom stereocenters. The van der Waals surface area contributed by atoms with Crippen molar-refractivity contribution in [3.8, 4) is 0 Å². The Kier molecular flexibility index (Phi) is 8.13. The number of benzene rings is 2. The van der Waals surface area contributed by atoms with Gasteiger partial charge in [0.2, 0.25) is 15.9 Å². The van der Waals surface area contributed by atoms with Crippen LogP contribution in [-0.4, -0.2) is 37.1 Å². The zero-order valence-corrected chi connectivity index (χ0v) is 21.4. The zero-order chi connectivity index (χ0) is 25.7. The molecule has 2 heterocycles. The Labute approximate surface area is 215 Å². The molecule has 8 nitrogen and oxygen atoms in total. The van der Waals surface area contributed by atoms with Crippen LogP contribution in [0.5, 0.6) is 0 Å². The van der Waals surface area contributed by atoms with Gasteiger partial charge in [0, 0.05) is 23.7 Å². The molecular weight excluding hydrogens is 502 g/mol. The van der Waals surface area contributed by atoms with Gasteiger partial charge in [-0.3, -0.25) is 9.59 Å². The third kappa shape index (κ3) is 6.16. The predicted octanol–water partition coefficient (Wildman–Crippen LogP) is 4.03. The number of hydrogen-bond donors (Lipinski definition) is 2. The second-order valence-corrected chi connectivity index (χ2v) is 11.0. The molecule has 1 aliphatic rings. The second kappa shape index (κ2) is 11.3. The monoisotopic (exact) mass is 529 g/mol. The van der Waals surface area contributed by atoms with E-state index in [0.717, 1.165) is 18.6 Å². The molecule has 0 spiro atoms. The highest BCUT2D eigenvalue weighted by atomic mass is 35.5. The van der Waals surface area contributed by atoms with Crippen LogP contribution in [0, 0.1) is 6.92 Å². The maximum atomic E-state index is 13.6. The Morgan fingerprint density at radius 1 is 1.08 bits per heavy atom. The number of rotatable bonds is 8. The summed E-state index contributed by atoms with van der Waals surface area (Å²) in [6.45, 7) is 2.60. The highest BCUT2D eigenvalue weighted by Crippen LogP contribution is 2.26. The van der Waals surface area contributed by atoms with Gasteiger partial charge in [-0.1, -0.05) is 23.7 Å². The van der Waals surface area contributed by atoms with Crippen molar-refractivity contribution < 1.29 is 22.4 Å². The van der Waals surface area contributed by atoms with Gasteiger partial charge in [-0.2, -0.15) is 4.31 Å². The number of nitrogens with zero attached hydrogens (tertiary/aromatic N) is 1. The number of halogens is 1. The summed E-state index contributed by atoms with van der Waals surface area (Å²) in [5.74, 6) is 0.838. The topological polar surface area (TPSA) is 109 Å². The molecule has 1 aromatic heterocycles. The first-order valence-corrected chi connectivity index (χ1v) is 13.5. The van der Waals surface area contributed by atoms with Crippen LogP contribution < -0.4 is 10.6 Å². The molecule has 1 aliphatic heterocycles. The first kappa shape index (κ1) is 25.9. The summed E-state index contributed by atoms with van der Waals surface area (Å²) in [5, 5.41) is 6.04. The third-order valence-electron chi connectivity index (χ3n) is 6.05. The lowest BCUT2D eigenvalue weighted by Gasteiger charge is -2.29. The molecule has 190 valence electrons.